The van der Waals surface area contributed by atoms with Gasteiger partial charge in [-0.15, -0.1) is 0 Å². The van der Waals surface area contributed by atoms with Crippen LogP contribution in [-0.2, 0) is 0 Å². The average molecular weight is 211 g/mol. The Hall–Kier alpha value is -0.960. The van der Waals surface area contributed by atoms with Gasteiger partial charge in [0.25, 0.3) is 5.92 Å². The van der Waals surface area contributed by atoms with Crippen LogP contribution in [0.5, 0.6) is 0 Å². The first-order valence-electron chi connectivity index (χ1n) is 5.25. The topological polar surface area (TPSA) is 12.0 Å². The first-order chi connectivity index (χ1) is 7.07. The van der Waals surface area contributed by atoms with Gasteiger partial charge in [0.05, 0.1) is 6.54 Å². The second-order valence-electron chi connectivity index (χ2n) is 4.24. The van der Waals surface area contributed by atoms with Gasteiger partial charge in [0.15, 0.2) is 0 Å². The monoisotopic (exact) mass is 211 g/mol. The highest BCUT2D eigenvalue weighted by atomic mass is 19.3. The summed E-state index contributed by atoms with van der Waals surface area (Å²) in [6.07, 6.45) is 0.495. The van der Waals surface area contributed by atoms with Crippen LogP contribution >= 0.6 is 0 Å². The minimum atomic E-state index is -2.53. The molecule has 0 bridgehead atoms. The number of hydrogen-bond acceptors (Lipinski definition) is 1. The minimum Gasteiger partial charge on any atom is -0.304 e. The van der Waals surface area contributed by atoms with Crippen molar-refractivity contribution in [1.29, 1.82) is 0 Å². The van der Waals surface area contributed by atoms with Gasteiger partial charge in [-0.25, -0.2) is 8.78 Å². The molecule has 1 fully saturated rings. The molecular formula is C12H15F2N. The second kappa shape index (κ2) is 3.89. The fraction of sp³-hybridized carbons (Fsp3) is 0.500. The smallest absolute Gasteiger partial charge is 0.260 e. The van der Waals surface area contributed by atoms with Crippen LogP contribution in [0.15, 0.2) is 24.3 Å². The number of alkyl halides is 2. The Kier molecular flexibility index (Phi) is 2.74. The molecule has 15 heavy (non-hydrogen) atoms. The van der Waals surface area contributed by atoms with Crippen molar-refractivity contribution in [2.45, 2.75) is 31.7 Å². The lowest BCUT2D eigenvalue weighted by Gasteiger charge is -2.29. The first kappa shape index (κ1) is 10.6. The molecule has 0 amide bonds. The fourth-order valence-electron chi connectivity index (χ4n) is 1.90. The van der Waals surface area contributed by atoms with Gasteiger partial charge in [-0.1, -0.05) is 29.8 Å². The summed E-state index contributed by atoms with van der Waals surface area (Å²) in [7, 11) is 0. The fourth-order valence-corrected chi connectivity index (χ4v) is 1.90. The highest BCUT2D eigenvalue weighted by molar-refractivity contribution is 5.24. The number of benzene rings is 1. The van der Waals surface area contributed by atoms with Gasteiger partial charge >= 0.3 is 0 Å². The largest absolute Gasteiger partial charge is 0.304 e. The maximum absolute atomic E-state index is 12.9. The summed E-state index contributed by atoms with van der Waals surface area (Å²) in [5.41, 5.74) is 2.30. The van der Waals surface area contributed by atoms with E-state index in [0.29, 0.717) is 6.42 Å². The third-order valence-corrected chi connectivity index (χ3v) is 2.89. The van der Waals surface area contributed by atoms with Gasteiger partial charge in [0.1, 0.15) is 0 Å². The van der Waals surface area contributed by atoms with Gasteiger partial charge in [0, 0.05) is 12.5 Å². The van der Waals surface area contributed by atoms with Gasteiger partial charge < -0.3 is 5.32 Å². The molecule has 3 heteroatoms. The van der Waals surface area contributed by atoms with Crippen LogP contribution in [0.4, 0.5) is 8.78 Å². The van der Waals surface area contributed by atoms with Gasteiger partial charge in [-0.05, 0) is 18.9 Å². The standard InChI is InChI=1S/C12H15F2N/c1-9-2-4-10(5-3-9)11-6-7-12(13,14)8-15-11/h2-5,11,15H,6-8H2,1H3. The summed E-state index contributed by atoms with van der Waals surface area (Å²) in [5, 5.41) is 2.90. The van der Waals surface area contributed by atoms with E-state index in [1.165, 1.54) is 5.56 Å². The van der Waals surface area contributed by atoms with Crippen LogP contribution in [0.3, 0.4) is 0 Å². The molecule has 0 saturated carbocycles. The predicted octanol–water partition coefficient (Wildman–Crippen LogP) is 3.05. The van der Waals surface area contributed by atoms with E-state index in [1.807, 2.05) is 31.2 Å². The van der Waals surface area contributed by atoms with E-state index < -0.39 is 5.92 Å². The van der Waals surface area contributed by atoms with Gasteiger partial charge in [0.2, 0.25) is 0 Å². The zero-order valence-corrected chi connectivity index (χ0v) is 8.76. The highest BCUT2D eigenvalue weighted by Gasteiger charge is 2.34. The SMILES string of the molecule is Cc1ccc(C2CCC(F)(F)CN2)cc1. The summed E-state index contributed by atoms with van der Waals surface area (Å²) < 4.78 is 25.8. The maximum atomic E-state index is 12.9. The molecule has 1 aromatic rings. The van der Waals surface area contributed by atoms with E-state index in [0.717, 1.165) is 5.56 Å². The van der Waals surface area contributed by atoms with E-state index in [1.54, 1.807) is 0 Å². The molecule has 1 nitrogen and oxygen atoms in total. The molecular weight excluding hydrogens is 196 g/mol. The molecule has 0 aromatic heterocycles. The van der Waals surface area contributed by atoms with E-state index in [9.17, 15) is 8.78 Å². The second-order valence-corrected chi connectivity index (χ2v) is 4.24. The van der Waals surface area contributed by atoms with Crippen molar-refractivity contribution in [3.05, 3.63) is 35.4 Å². The average Bonchev–Trinajstić information content (AvgIpc) is 2.20. The summed E-state index contributed by atoms with van der Waals surface area (Å²) in [6, 6.07) is 8.14. The molecule has 1 heterocycles. The number of piperidine rings is 1. The molecule has 1 N–H and O–H groups in total. The molecule has 1 aliphatic rings. The normalized spacial score (nSPS) is 25.1. The molecule has 1 saturated heterocycles. The summed E-state index contributed by atoms with van der Waals surface area (Å²) in [6.45, 7) is 1.82. The van der Waals surface area contributed by atoms with E-state index in [2.05, 4.69) is 5.32 Å². The molecule has 1 atom stereocenters. The van der Waals surface area contributed by atoms with Crippen molar-refractivity contribution < 1.29 is 8.78 Å². The predicted molar refractivity (Wildman–Crippen MR) is 56.1 cm³/mol. The van der Waals surface area contributed by atoms with Crippen LogP contribution in [0.1, 0.15) is 30.0 Å². The Balaban J connectivity index is 2.04. The highest BCUT2D eigenvalue weighted by Crippen LogP contribution is 2.31. The lowest BCUT2D eigenvalue weighted by Crippen LogP contribution is -2.40. The number of aryl methyl sites for hydroxylation is 1. The zero-order valence-electron chi connectivity index (χ0n) is 8.76. The Morgan fingerprint density at radius 2 is 1.93 bits per heavy atom. The first-order valence-corrected chi connectivity index (χ1v) is 5.25. The number of nitrogens with one attached hydrogen (secondary N) is 1. The van der Waals surface area contributed by atoms with Crippen molar-refractivity contribution in [2.24, 2.45) is 0 Å². The van der Waals surface area contributed by atoms with Crippen LogP contribution in [0.2, 0.25) is 0 Å². The number of halogens is 2. The Bertz CT molecular complexity index is 322. The minimum absolute atomic E-state index is 0.0153. The summed E-state index contributed by atoms with van der Waals surface area (Å²) in [4.78, 5) is 0. The lowest BCUT2D eigenvalue weighted by molar-refractivity contribution is -0.0303. The van der Waals surface area contributed by atoms with Gasteiger partial charge in [-0.3, -0.25) is 0 Å². The van der Waals surface area contributed by atoms with E-state index >= 15 is 0 Å². The van der Waals surface area contributed by atoms with Crippen LogP contribution in [-0.4, -0.2) is 12.5 Å². The molecule has 1 aliphatic heterocycles. The third kappa shape index (κ3) is 2.53. The van der Waals surface area contributed by atoms with E-state index in [-0.39, 0.29) is 19.0 Å². The molecule has 0 aliphatic carbocycles. The molecule has 1 unspecified atom stereocenters. The van der Waals surface area contributed by atoms with Gasteiger partial charge in [-0.2, -0.15) is 0 Å². The van der Waals surface area contributed by atoms with Crippen molar-refractivity contribution in [3.63, 3.8) is 0 Å². The quantitative estimate of drug-likeness (QED) is 0.752. The third-order valence-electron chi connectivity index (χ3n) is 2.89. The van der Waals surface area contributed by atoms with Crippen molar-refractivity contribution >= 4 is 0 Å². The molecule has 0 spiro atoms. The maximum Gasteiger partial charge on any atom is 0.260 e. The van der Waals surface area contributed by atoms with Crippen molar-refractivity contribution in [1.82, 2.24) is 5.32 Å². The van der Waals surface area contributed by atoms with Crippen LogP contribution in [0.25, 0.3) is 0 Å². The number of rotatable bonds is 1. The Labute approximate surface area is 88.5 Å². The molecule has 82 valence electrons. The molecule has 2 rings (SSSR count). The zero-order chi connectivity index (χ0) is 10.9. The number of hydrogen-bond donors (Lipinski definition) is 1. The molecule has 1 aromatic carbocycles. The summed E-state index contributed by atoms with van der Waals surface area (Å²) in [5.74, 6) is -2.53. The van der Waals surface area contributed by atoms with E-state index in [4.69, 9.17) is 0 Å². The molecule has 0 radical (unpaired) electrons. The van der Waals surface area contributed by atoms with Crippen LogP contribution < -0.4 is 5.32 Å². The van der Waals surface area contributed by atoms with Crippen molar-refractivity contribution in [3.8, 4) is 0 Å². The van der Waals surface area contributed by atoms with Crippen LogP contribution in [0, 0.1) is 6.92 Å². The van der Waals surface area contributed by atoms with Crippen molar-refractivity contribution in [2.75, 3.05) is 6.54 Å². The summed E-state index contributed by atoms with van der Waals surface area (Å²) >= 11 is 0. The lowest BCUT2D eigenvalue weighted by atomic mass is 9.95. The Morgan fingerprint density at radius 1 is 1.27 bits per heavy atom. The Morgan fingerprint density at radius 3 is 2.47 bits per heavy atom.